The van der Waals surface area contributed by atoms with Crippen molar-refractivity contribution in [2.24, 2.45) is 0 Å². The van der Waals surface area contributed by atoms with Gasteiger partial charge in [0.2, 0.25) is 12.2 Å². The van der Waals surface area contributed by atoms with E-state index in [1.165, 1.54) is 27.7 Å². The van der Waals surface area contributed by atoms with Gasteiger partial charge in [0.25, 0.3) is 0 Å². The maximum atomic E-state index is 12.0. The van der Waals surface area contributed by atoms with E-state index >= 15 is 0 Å². The third kappa shape index (κ3) is 6.19. The largest absolute Gasteiger partial charge is 0.463 e. The van der Waals surface area contributed by atoms with Gasteiger partial charge in [-0.25, -0.2) is 0 Å². The summed E-state index contributed by atoms with van der Waals surface area (Å²) in [6.45, 7) is 4.52. The molecule has 0 spiro atoms. The van der Waals surface area contributed by atoms with Crippen LogP contribution in [-0.2, 0) is 38.1 Å². The molecule has 1 amide bonds. The number of pyridine rings is 1. The highest BCUT2D eigenvalue weighted by Crippen LogP contribution is 2.31. The monoisotopic (exact) mass is 474 g/mol. The zero-order valence-electron chi connectivity index (χ0n) is 19.2. The van der Waals surface area contributed by atoms with E-state index in [1.807, 2.05) is 12.1 Å². The molecule has 1 aliphatic heterocycles. The molecule has 11 nitrogen and oxygen atoms in total. The van der Waals surface area contributed by atoms with E-state index in [4.69, 9.17) is 23.7 Å². The molecule has 0 bridgehead atoms. The molecule has 2 aromatic rings. The molecule has 1 N–H and O–H groups in total. The van der Waals surface area contributed by atoms with Crippen LogP contribution < -0.4 is 10.1 Å². The smallest absolute Gasteiger partial charge is 0.303 e. The molecule has 1 aliphatic rings. The number of ether oxygens (including phenoxy) is 5. The fourth-order valence-electron chi connectivity index (χ4n) is 3.69. The van der Waals surface area contributed by atoms with Crippen LogP contribution in [0.4, 0.5) is 0 Å². The summed E-state index contributed by atoms with van der Waals surface area (Å²) in [6, 6.07) is 7.84. The van der Waals surface area contributed by atoms with Gasteiger partial charge >= 0.3 is 17.9 Å². The zero-order valence-corrected chi connectivity index (χ0v) is 19.2. The summed E-state index contributed by atoms with van der Waals surface area (Å²) >= 11 is 0. The predicted octanol–water partition coefficient (Wildman–Crippen LogP) is 1.27. The number of nitrogens with zero attached hydrogens (tertiary/aromatic N) is 1. The van der Waals surface area contributed by atoms with E-state index in [0.29, 0.717) is 11.3 Å². The van der Waals surface area contributed by atoms with Crippen LogP contribution in [0.1, 0.15) is 27.7 Å². The van der Waals surface area contributed by atoms with Gasteiger partial charge in [0.15, 0.2) is 12.2 Å². The summed E-state index contributed by atoms with van der Waals surface area (Å²) in [5.74, 6) is -2.07. The first-order valence-corrected chi connectivity index (χ1v) is 10.6. The number of nitrogens with one attached hydrogen (secondary N) is 1. The Morgan fingerprint density at radius 3 is 2.26 bits per heavy atom. The number of esters is 3. The van der Waals surface area contributed by atoms with Gasteiger partial charge in [-0.2, -0.15) is 0 Å². The molecular weight excluding hydrogens is 448 g/mol. The lowest BCUT2D eigenvalue weighted by Gasteiger charge is -2.44. The van der Waals surface area contributed by atoms with E-state index in [0.717, 1.165) is 5.39 Å². The highest BCUT2D eigenvalue weighted by Gasteiger charge is 2.52. The van der Waals surface area contributed by atoms with Gasteiger partial charge < -0.3 is 29.0 Å². The van der Waals surface area contributed by atoms with Gasteiger partial charge in [0.1, 0.15) is 30.0 Å². The highest BCUT2D eigenvalue weighted by atomic mass is 16.7. The molecule has 5 atom stereocenters. The quantitative estimate of drug-likeness (QED) is 0.461. The number of para-hydroxylation sites is 1. The van der Waals surface area contributed by atoms with Crippen molar-refractivity contribution in [2.75, 3.05) is 6.61 Å². The lowest BCUT2D eigenvalue weighted by molar-refractivity contribution is -0.257. The second-order valence-corrected chi connectivity index (χ2v) is 7.67. The molecular formula is C23H26N2O9. The zero-order chi connectivity index (χ0) is 24.8. The molecule has 34 heavy (non-hydrogen) atoms. The van der Waals surface area contributed by atoms with Crippen LogP contribution in [0, 0.1) is 0 Å². The summed E-state index contributed by atoms with van der Waals surface area (Å²) < 4.78 is 28.1. The van der Waals surface area contributed by atoms with Crippen LogP contribution in [0.25, 0.3) is 10.9 Å². The fourth-order valence-corrected chi connectivity index (χ4v) is 3.69. The number of aromatic nitrogens is 1. The van der Waals surface area contributed by atoms with Crippen molar-refractivity contribution >= 4 is 34.7 Å². The van der Waals surface area contributed by atoms with Crippen molar-refractivity contribution in [3.05, 3.63) is 36.5 Å². The number of carbonyl (C=O) groups is 4. The van der Waals surface area contributed by atoms with Crippen LogP contribution in [-0.4, -0.2) is 66.0 Å². The average Bonchev–Trinajstić information content (AvgIpc) is 2.75. The van der Waals surface area contributed by atoms with Crippen molar-refractivity contribution < 1.29 is 42.9 Å². The van der Waals surface area contributed by atoms with Crippen molar-refractivity contribution in [1.82, 2.24) is 10.3 Å². The third-order valence-corrected chi connectivity index (χ3v) is 4.91. The van der Waals surface area contributed by atoms with Gasteiger partial charge in [-0.1, -0.05) is 18.2 Å². The second-order valence-electron chi connectivity index (χ2n) is 7.67. The molecule has 182 valence electrons. The molecule has 0 saturated carbocycles. The Morgan fingerprint density at radius 1 is 0.941 bits per heavy atom. The van der Waals surface area contributed by atoms with Gasteiger partial charge in [0.05, 0.1) is 0 Å². The van der Waals surface area contributed by atoms with Crippen LogP contribution in [0.3, 0.4) is 0 Å². The summed E-state index contributed by atoms with van der Waals surface area (Å²) in [6.07, 6.45) is -3.07. The molecule has 3 rings (SSSR count). The summed E-state index contributed by atoms with van der Waals surface area (Å²) in [4.78, 5) is 51.6. The highest BCUT2D eigenvalue weighted by molar-refractivity contribution is 5.84. The van der Waals surface area contributed by atoms with Gasteiger partial charge in [0, 0.05) is 39.3 Å². The Hall–Kier alpha value is -3.73. The molecule has 2 heterocycles. The predicted molar refractivity (Wildman–Crippen MR) is 116 cm³/mol. The van der Waals surface area contributed by atoms with Crippen molar-refractivity contribution in [1.29, 1.82) is 0 Å². The minimum Gasteiger partial charge on any atom is -0.463 e. The van der Waals surface area contributed by atoms with Crippen LogP contribution in [0.2, 0.25) is 0 Å². The van der Waals surface area contributed by atoms with Gasteiger partial charge in [-0.15, -0.1) is 0 Å². The standard InChI is InChI=1S/C23H26N2O9/c1-12(26)25-20-22(32-15(4)29)21(31-14(3)28)18(11-30-13(2)27)34-23(20)33-17-9-5-7-16-8-6-10-24-19(16)17/h5-10,18,20-23H,11H2,1-4H3,(H,25,26). The van der Waals surface area contributed by atoms with E-state index in [9.17, 15) is 19.2 Å². The SMILES string of the molecule is CC(=O)NC1C(Oc2cccc3cccnc23)OC(COC(C)=O)C(OC(C)=O)C1OC(C)=O. The number of hydrogen-bond acceptors (Lipinski definition) is 10. The first kappa shape index (κ1) is 24.9. The number of amides is 1. The van der Waals surface area contributed by atoms with E-state index in [1.54, 1.807) is 24.4 Å². The number of rotatable bonds is 7. The summed E-state index contributed by atoms with van der Waals surface area (Å²) in [5, 5.41) is 3.46. The maximum absolute atomic E-state index is 12.0. The molecule has 0 radical (unpaired) electrons. The minimum atomic E-state index is -1.21. The lowest BCUT2D eigenvalue weighted by atomic mass is 9.96. The van der Waals surface area contributed by atoms with Crippen LogP contribution in [0.15, 0.2) is 36.5 Å². The molecule has 1 aromatic carbocycles. The van der Waals surface area contributed by atoms with Crippen LogP contribution >= 0.6 is 0 Å². The summed E-state index contributed by atoms with van der Waals surface area (Å²) in [7, 11) is 0. The minimum absolute atomic E-state index is 0.314. The molecule has 5 unspecified atom stereocenters. The molecule has 0 aliphatic carbocycles. The third-order valence-electron chi connectivity index (χ3n) is 4.91. The molecule has 11 heteroatoms. The Bertz CT molecular complexity index is 1070. The molecule has 1 fully saturated rings. The van der Waals surface area contributed by atoms with E-state index in [2.05, 4.69) is 10.3 Å². The first-order valence-electron chi connectivity index (χ1n) is 10.6. The second kappa shape index (κ2) is 10.9. The van der Waals surface area contributed by atoms with E-state index < -0.39 is 54.5 Å². The van der Waals surface area contributed by atoms with Gasteiger partial charge in [-0.05, 0) is 12.1 Å². The topological polar surface area (TPSA) is 139 Å². The average molecular weight is 474 g/mol. The normalized spacial score (nSPS) is 24.1. The Kier molecular flexibility index (Phi) is 8.00. The first-order chi connectivity index (χ1) is 16.2. The number of hydrogen-bond donors (Lipinski definition) is 1. The van der Waals surface area contributed by atoms with Crippen LogP contribution in [0.5, 0.6) is 5.75 Å². The molecule has 1 saturated heterocycles. The molecule has 1 aromatic heterocycles. The lowest BCUT2D eigenvalue weighted by Crippen LogP contribution is -2.67. The Labute approximate surface area is 195 Å². The van der Waals surface area contributed by atoms with Crippen molar-refractivity contribution in [2.45, 2.75) is 58.3 Å². The Morgan fingerprint density at radius 2 is 1.62 bits per heavy atom. The fraction of sp³-hybridized carbons (Fsp3) is 0.435. The van der Waals surface area contributed by atoms with Crippen molar-refractivity contribution in [3.63, 3.8) is 0 Å². The summed E-state index contributed by atoms with van der Waals surface area (Å²) in [5.41, 5.74) is 0.540. The maximum Gasteiger partial charge on any atom is 0.303 e. The van der Waals surface area contributed by atoms with Gasteiger partial charge in [-0.3, -0.25) is 24.2 Å². The number of fused-ring (bicyclic) bond motifs is 1. The number of carbonyl (C=O) groups excluding carboxylic acids is 4. The Balaban J connectivity index is 2.03. The van der Waals surface area contributed by atoms with E-state index in [-0.39, 0.29) is 6.61 Å². The van der Waals surface area contributed by atoms with Crippen molar-refractivity contribution in [3.8, 4) is 5.75 Å². The number of benzene rings is 1.